The van der Waals surface area contributed by atoms with E-state index in [1.807, 2.05) is 59.5 Å². The molecular weight excluding hydrogens is 688 g/mol. The second kappa shape index (κ2) is 16.1. The smallest absolute Gasteiger partial charge is 0.253 e. The summed E-state index contributed by atoms with van der Waals surface area (Å²) in [5.74, 6) is -0.400. The van der Waals surface area contributed by atoms with E-state index < -0.39 is 6.04 Å². The maximum atomic E-state index is 13.4. The van der Waals surface area contributed by atoms with Gasteiger partial charge in [0, 0.05) is 92.6 Å². The van der Waals surface area contributed by atoms with Crippen LogP contribution in [0.5, 0.6) is 0 Å². The minimum Gasteiger partial charge on any atom is -0.384 e. The van der Waals surface area contributed by atoms with Gasteiger partial charge >= 0.3 is 0 Å². The Kier molecular flexibility index (Phi) is 11.1. The van der Waals surface area contributed by atoms with Crippen LogP contribution in [0.3, 0.4) is 0 Å². The molecule has 0 aromatic heterocycles. The highest BCUT2D eigenvalue weighted by Gasteiger charge is 2.44. The Morgan fingerprint density at radius 3 is 2.40 bits per heavy atom. The van der Waals surface area contributed by atoms with E-state index in [0.29, 0.717) is 35.5 Å². The molecule has 1 spiro atoms. The summed E-state index contributed by atoms with van der Waals surface area (Å²) >= 11 is 6.37. The molecule has 7 rings (SSSR count). The molecule has 53 heavy (non-hydrogen) atoms. The molecule has 11 nitrogen and oxygen atoms in total. The van der Waals surface area contributed by atoms with E-state index >= 15 is 0 Å². The predicted molar refractivity (Wildman–Crippen MR) is 210 cm³/mol. The lowest BCUT2D eigenvalue weighted by Crippen LogP contribution is -2.47. The van der Waals surface area contributed by atoms with E-state index in [-0.39, 0.29) is 23.1 Å². The minimum absolute atomic E-state index is 0.100. The number of halogens is 1. The van der Waals surface area contributed by atoms with Gasteiger partial charge in [0.25, 0.3) is 5.91 Å². The van der Waals surface area contributed by atoms with Gasteiger partial charge in [0.2, 0.25) is 11.8 Å². The van der Waals surface area contributed by atoms with Gasteiger partial charge in [-0.15, -0.1) is 0 Å². The number of hydrogen-bond acceptors (Lipinski definition) is 9. The fraction of sp³-hybridized carbons (Fsp3) is 0.463. The zero-order valence-electron chi connectivity index (χ0n) is 30.4. The van der Waals surface area contributed by atoms with Gasteiger partial charge in [0.1, 0.15) is 12.1 Å². The molecule has 0 unspecified atom stereocenters. The molecule has 3 aromatic rings. The predicted octanol–water partition coefficient (Wildman–Crippen LogP) is 5.62. The number of imide groups is 1. The van der Waals surface area contributed by atoms with E-state index in [9.17, 15) is 19.6 Å². The zero-order chi connectivity index (χ0) is 37.0. The molecule has 4 aliphatic rings. The fourth-order valence-electron chi connectivity index (χ4n) is 8.56. The summed E-state index contributed by atoms with van der Waals surface area (Å²) in [4.78, 5) is 43.8. The van der Waals surface area contributed by atoms with Crippen molar-refractivity contribution in [1.82, 2.24) is 15.5 Å². The van der Waals surface area contributed by atoms with Crippen molar-refractivity contribution in [3.8, 4) is 6.07 Å². The molecule has 278 valence electrons. The van der Waals surface area contributed by atoms with E-state index in [0.717, 1.165) is 101 Å². The van der Waals surface area contributed by atoms with Crippen LogP contribution in [0.15, 0.2) is 66.7 Å². The molecule has 4 aliphatic heterocycles. The molecule has 0 saturated carbocycles. The molecule has 2 atom stereocenters. The van der Waals surface area contributed by atoms with Gasteiger partial charge < -0.3 is 30.7 Å². The van der Waals surface area contributed by atoms with Crippen LogP contribution in [-0.4, -0.2) is 86.6 Å². The fourth-order valence-corrected chi connectivity index (χ4v) is 8.77. The lowest BCUT2D eigenvalue weighted by atomic mass is 9.76. The molecule has 0 aliphatic carbocycles. The first-order valence-corrected chi connectivity index (χ1v) is 19.3. The van der Waals surface area contributed by atoms with Crippen LogP contribution in [0.2, 0.25) is 5.02 Å². The molecule has 4 fully saturated rings. The van der Waals surface area contributed by atoms with Crippen molar-refractivity contribution in [2.45, 2.75) is 70.0 Å². The van der Waals surface area contributed by atoms with Gasteiger partial charge in [-0.25, -0.2) is 0 Å². The maximum Gasteiger partial charge on any atom is 0.253 e. The van der Waals surface area contributed by atoms with Crippen molar-refractivity contribution < 1.29 is 14.4 Å². The highest BCUT2D eigenvalue weighted by Crippen LogP contribution is 2.46. The number of rotatable bonds is 10. The first-order valence-electron chi connectivity index (χ1n) is 19.0. The number of nitrogens with zero attached hydrogens (tertiary/aromatic N) is 4. The van der Waals surface area contributed by atoms with E-state index in [4.69, 9.17) is 11.6 Å². The van der Waals surface area contributed by atoms with Crippen LogP contribution < -0.4 is 31.1 Å². The van der Waals surface area contributed by atoms with Crippen molar-refractivity contribution in [1.29, 1.82) is 5.26 Å². The Morgan fingerprint density at radius 2 is 1.68 bits per heavy atom. The Balaban J connectivity index is 0.818. The second-order valence-corrected chi connectivity index (χ2v) is 15.6. The van der Waals surface area contributed by atoms with Crippen LogP contribution in [0.1, 0.15) is 67.8 Å². The third-order valence-corrected chi connectivity index (χ3v) is 11.9. The van der Waals surface area contributed by atoms with Crippen molar-refractivity contribution in [2.24, 2.45) is 5.41 Å². The van der Waals surface area contributed by atoms with Gasteiger partial charge in [0.05, 0.1) is 10.6 Å². The molecule has 4 heterocycles. The molecule has 0 radical (unpaired) electrons. The largest absolute Gasteiger partial charge is 0.384 e. The third kappa shape index (κ3) is 8.55. The summed E-state index contributed by atoms with van der Waals surface area (Å²) in [6.45, 7) is 8.29. The monoisotopic (exact) mass is 736 g/mol. The number of hydrogen-bond donors (Lipinski definition) is 4. The molecule has 3 amide bonds. The minimum atomic E-state index is -0.409. The lowest BCUT2D eigenvalue weighted by Gasteiger charge is -2.40. The first kappa shape index (κ1) is 36.6. The average molecular weight is 737 g/mol. The van der Waals surface area contributed by atoms with Gasteiger partial charge in [-0.1, -0.05) is 17.7 Å². The summed E-state index contributed by atoms with van der Waals surface area (Å²) in [5.41, 5.74) is 5.59. The van der Waals surface area contributed by atoms with Crippen LogP contribution in [0.4, 0.5) is 22.7 Å². The highest BCUT2D eigenvalue weighted by atomic mass is 35.5. The number of benzene rings is 3. The SMILES string of the molecule is C[C@@H]1CC2(CCN(c3ccc(C(=O)N4CCC(NCCNc5cccc(N[C@@H]6CCC(=O)NC6=O)c5)CC4)cc3)CC2)CN1c1ccc(C#N)c(Cl)c1. The van der Waals surface area contributed by atoms with Gasteiger partial charge in [-0.2, -0.15) is 5.26 Å². The Labute approximate surface area is 317 Å². The summed E-state index contributed by atoms with van der Waals surface area (Å²) in [6, 6.07) is 24.3. The number of amides is 3. The maximum absolute atomic E-state index is 13.4. The van der Waals surface area contributed by atoms with Crippen LogP contribution in [0.25, 0.3) is 0 Å². The molecule has 12 heteroatoms. The number of anilines is 4. The number of nitrogens with one attached hydrogen (secondary N) is 4. The van der Waals surface area contributed by atoms with Crippen molar-refractivity contribution in [3.05, 3.63) is 82.9 Å². The average Bonchev–Trinajstić information content (AvgIpc) is 3.49. The molecule has 4 saturated heterocycles. The van der Waals surface area contributed by atoms with Crippen LogP contribution in [-0.2, 0) is 9.59 Å². The Bertz CT molecular complexity index is 1850. The van der Waals surface area contributed by atoms with E-state index in [2.05, 4.69) is 56.2 Å². The summed E-state index contributed by atoms with van der Waals surface area (Å²) in [7, 11) is 0. The van der Waals surface area contributed by atoms with E-state index in [1.165, 1.54) is 5.69 Å². The number of nitriles is 1. The first-order chi connectivity index (χ1) is 25.7. The molecule has 0 bridgehead atoms. The van der Waals surface area contributed by atoms with E-state index in [1.54, 1.807) is 0 Å². The Morgan fingerprint density at radius 1 is 0.943 bits per heavy atom. The number of likely N-dealkylation sites (tertiary alicyclic amines) is 1. The summed E-state index contributed by atoms with van der Waals surface area (Å²) in [5, 5.41) is 22.5. The molecular formula is C41H49ClN8O3. The van der Waals surface area contributed by atoms with Gasteiger partial charge in [0.15, 0.2) is 0 Å². The normalized spacial score (nSPS) is 21.7. The quantitative estimate of drug-likeness (QED) is 0.155. The number of piperidine rings is 3. The highest BCUT2D eigenvalue weighted by molar-refractivity contribution is 6.32. The number of carbonyl (C=O) groups is 3. The van der Waals surface area contributed by atoms with Crippen molar-refractivity contribution in [3.63, 3.8) is 0 Å². The topological polar surface area (TPSA) is 133 Å². The second-order valence-electron chi connectivity index (χ2n) is 15.2. The Hall–Kier alpha value is -4.79. The molecule has 4 N–H and O–H groups in total. The van der Waals surface area contributed by atoms with Gasteiger partial charge in [-0.05, 0) is 112 Å². The van der Waals surface area contributed by atoms with Crippen molar-refractivity contribution >= 4 is 52.1 Å². The molecule has 3 aromatic carbocycles. The lowest BCUT2D eigenvalue weighted by molar-refractivity contribution is -0.133. The van der Waals surface area contributed by atoms with Crippen molar-refractivity contribution in [2.75, 3.05) is 66.2 Å². The number of carbonyl (C=O) groups excluding carboxylic acids is 3. The van der Waals surface area contributed by atoms with Crippen LogP contribution >= 0.6 is 11.6 Å². The van der Waals surface area contributed by atoms with Crippen LogP contribution in [0, 0.1) is 16.7 Å². The zero-order valence-corrected chi connectivity index (χ0v) is 31.1. The van der Waals surface area contributed by atoms with Gasteiger partial charge in [-0.3, -0.25) is 19.7 Å². The summed E-state index contributed by atoms with van der Waals surface area (Å²) in [6.07, 6.45) is 6.05. The standard InChI is InChI=1S/C41H49ClN8O3/c1-28-25-41(27-50(28)35-10-7-30(26-43)36(42)24-35)15-21-48(22-16-41)34-8-5-29(6-9-34)40(53)49-19-13-31(14-20-49)44-17-18-45-32-3-2-4-33(23-32)46-37-11-12-38(51)47-39(37)52/h2-10,23-24,28,31,37,44-46H,11-22,25,27H2,1H3,(H,47,51,52)/t28-,37-/m1/s1. The third-order valence-electron chi connectivity index (χ3n) is 11.6. The summed E-state index contributed by atoms with van der Waals surface area (Å²) < 4.78 is 0.